The van der Waals surface area contributed by atoms with Gasteiger partial charge in [0, 0.05) is 24.6 Å². The first-order chi connectivity index (χ1) is 13.9. The summed E-state index contributed by atoms with van der Waals surface area (Å²) in [4.78, 5) is 16.2. The average molecular weight is 410 g/mol. The number of aromatic nitrogens is 1. The Hall–Kier alpha value is -3.19. The van der Waals surface area contributed by atoms with Crippen LogP contribution in [0.3, 0.4) is 0 Å². The third-order valence-corrected chi connectivity index (χ3v) is 6.31. The Morgan fingerprint density at radius 2 is 1.66 bits per heavy atom. The summed E-state index contributed by atoms with van der Waals surface area (Å²) in [5, 5.41) is 5.44. The van der Waals surface area contributed by atoms with Gasteiger partial charge in [-0.1, -0.05) is 24.3 Å². The van der Waals surface area contributed by atoms with Gasteiger partial charge in [0.05, 0.1) is 10.6 Å². The molecule has 2 amide bonds. The van der Waals surface area contributed by atoms with Gasteiger partial charge in [0.25, 0.3) is 0 Å². The number of aryl methyl sites for hydroxylation is 2. The Balaban J connectivity index is 1.56. The molecule has 2 aromatic carbocycles. The first-order valence-corrected chi connectivity index (χ1v) is 10.9. The average Bonchev–Trinajstić information content (AvgIpc) is 2.73. The smallest absolute Gasteiger partial charge is 0.319 e. The lowest BCUT2D eigenvalue weighted by Gasteiger charge is -2.10. The van der Waals surface area contributed by atoms with Gasteiger partial charge < -0.3 is 10.6 Å². The van der Waals surface area contributed by atoms with Crippen molar-refractivity contribution in [2.24, 2.45) is 0 Å². The number of rotatable bonds is 7. The molecular weight excluding hydrogens is 386 g/mol. The Bertz CT molecular complexity index is 1070. The number of amides is 2. The van der Waals surface area contributed by atoms with Crippen LogP contribution in [-0.2, 0) is 22.8 Å². The highest BCUT2D eigenvalue weighted by molar-refractivity contribution is 7.91. The van der Waals surface area contributed by atoms with Crippen LogP contribution in [0.25, 0.3) is 0 Å². The van der Waals surface area contributed by atoms with E-state index in [1.807, 2.05) is 43.3 Å². The molecule has 0 fully saturated rings. The van der Waals surface area contributed by atoms with Gasteiger partial charge in [0.2, 0.25) is 0 Å². The van der Waals surface area contributed by atoms with Crippen molar-refractivity contribution in [1.29, 1.82) is 0 Å². The zero-order valence-corrected chi connectivity index (χ0v) is 16.9. The summed E-state index contributed by atoms with van der Waals surface area (Å²) in [6.45, 7) is 2.35. The van der Waals surface area contributed by atoms with E-state index < -0.39 is 9.84 Å². The second-order valence-corrected chi connectivity index (χ2v) is 8.79. The number of sulfone groups is 1. The second-order valence-electron chi connectivity index (χ2n) is 6.68. The number of pyridine rings is 1. The van der Waals surface area contributed by atoms with Gasteiger partial charge in [-0.25, -0.2) is 13.2 Å². The van der Waals surface area contributed by atoms with E-state index in [1.165, 1.54) is 12.1 Å². The molecule has 0 radical (unpaired) electrons. The number of urea groups is 1. The van der Waals surface area contributed by atoms with Crippen molar-refractivity contribution in [3.8, 4) is 0 Å². The van der Waals surface area contributed by atoms with Crippen LogP contribution in [0.1, 0.15) is 16.7 Å². The number of carbonyl (C=O) groups excluding carboxylic acids is 1. The predicted octanol–water partition coefficient (Wildman–Crippen LogP) is 3.73. The van der Waals surface area contributed by atoms with E-state index in [2.05, 4.69) is 15.6 Å². The fourth-order valence-electron chi connectivity index (χ4n) is 2.86. The fourth-order valence-corrected chi connectivity index (χ4v) is 4.13. The molecule has 29 heavy (non-hydrogen) atoms. The van der Waals surface area contributed by atoms with Crippen LogP contribution < -0.4 is 10.6 Å². The molecular formula is C22H23N3O3S. The molecule has 0 atom stereocenters. The summed E-state index contributed by atoms with van der Waals surface area (Å²) >= 11 is 0. The predicted molar refractivity (Wildman–Crippen MR) is 113 cm³/mol. The number of anilines is 1. The molecule has 0 saturated carbocycles. The summed E-state index contributed by atoms with van der Waals surface area (Å²) in [6, 6.07) is 17.3. The Morgan fingerprint density at radius 1 is 0.966 bits per heavy atom. The molecule has 0 aliphatic heterocycles. The highest BCUT2D eigenvalue weighted by Gasteiger charge is 2.15. The monoisotopic (exact) mass is 409 g/mol. The second kappa shape index (κ2) is 9.34. The van der Waals surface area contributed by atoms with E-state index >= 15 is 0 Å². The minimum absolute atomic E-state index is 0.0387. The van der Waals surface area contributed by atoms with Crippen molar-refractivity contribution in [3.05, 3.63) is 89.7 Å². The summed E-state index contributed by atoms with van der Waals surface area (Å²) in [5.74, 6) is 0.0387. The molecule has 1 aromatic heterocycles. The lowest BCUT2D eigenvalue weighted by Crippen LogP contribution is -2.28. The zero-order valence-electron chi connectivity index (χ0n) is 16.1. The van der Waals surface area contributed by atoms with E-state index in [4.69, 9.17) is 0 Å². The molecule has 150 valence electrons. The summed E-state index contributed by atoms with van der Waals surface area (Å²) in [5.41, 5.74) is 3.57. The molecule has 0 unspecified atom stereocenters. The standard InChI is InChI=1S/C22H23N3O3S/c1-17-4-2-3-5-19(17)12-15-29(27,28)21-8-6-20(7-9-21)25-22(26)24-16-18-10-13-23-14-11-18/h2-11,13-14H,12,15-16H2,1H3,(H2,24,25,26). The molecule has 1 heterocycles. The maximum Gasteiger partial charge on any atom is 0.319 e. The van der Waals surface area contributed by atoms with Crippen LogP contribution in [0.15, 0.2) is 78.0 Å². The van der Waals surface area contributed by atoms with Crippen molar-refractivity contribution in [3.63, 3.8) is 0 Å². The van der Waals surface area contributed by atoms with Crippen molar-refractivity contribution < 1.29 is 13.2 Å². The van der Waals surface area contributed by atoms with Crippen LogP contribution in [0.4, 0.5) is 10.5 Å². The topological polar surface area (TPSA) is 88.2 Å². The number of carbonyl (C=O) groups is 1. The third kappa shape index (κ3) is 5.89. The number of hydrogen-bond donors (Lipinski definition) is 2. The first-order valence-electron chi connectivity index (χ1n) is 9.25. The van der Waals surface area contributed by atoms with E-state index in [9.17, 15) is 13.2 Å². The normalized spacial score (nSPS) is 11.1. The lowest BCUT2D eigenvalue weighted by atomic mass is 10.1. The molecule has 6 nitrogen and oxygen atoms in total. The Morgan fingerprint density at radius 3 is 2.34 bits per heavy atom. The molecule has 0 aliphatic carbocycles. The summed E-state index contributed by atoms with van der Waals surface area (Å²) in [7, 11) is -3.40. The van der Waals surface area contributed by atoms with Crippen LogP contribution in [0, 0.1) is 6.92 Å². The SMILES string of the molecule is Cc1ccccc1CCS(=O)(=O)c1ccc(NC(=O)NCc2ccncc2)cc1. The zero-order chi connectivity index (χ0) is 20.7. The van der Waals surface area contributed by atoms with Crippen LogP contribution >= 0.6 is 0 Å². The largest absolute Gasteiger partial charge is 0.334 e. The van der Waals surface area contributed by atoms with Crippen LogP contribution in [0.5, 0.6) is 0 Å². The van der Waals surface area contributed by atoms with E-state index in [1.54, 1.807) is 24.5 Å². The van der Waals surface area contributed by atoms with E-state index in [0.717, 1.165) is 16.7 Å². The maximum atomic E-state index is 12.6. The van der Waals surface area contributed by atoms with Crippen molar-refractivity contribution in [2.45, 2.75) is 24.8 Å². The van der Waals surface area contributed by atoms with Crippen molar-refractivity contribution in [2.75, 3.05) is 11.1 Å². The van der Waals surface area contributed by atoms with Crippen molar-refractivity contribution in [1.82, 2.24) is 10.3 Å². The van der Waals surface area contributed by atoms with Gasteiger partial charge in [-0.2, -0.15) is 0 Å². The van der Waals surface area contributed by atoms with E-state index in [0.29, 0.717) is 18.7 Å². The molecule has 0 spiro atoms. The Kier molecular flexibility index (Phi) is 6.61. The number of nitrogens with one attached hydrogen (secondary N) is 2. The quantitative estimate of drug-likeness (QED) is 0.622. The minimum Gasteiger partial charge on any atom is -0.334 e. The van der Waals surface area contributed by atoms with Gasteiger partial charge in [0.1, 0.15) is 0 Å². The van der Waals surface area contributed by atoms with Crippen LogP contribution in [0.2, 0.25) is 0 Å². The molecule has 7 heteroatoms. The minimum atomic E-state index is -3.40. The molecule has 3 aromatic rings. The third-order valence-electron chi connectivity index (χ3n) is 4.58. The van der Waals surface area contributed by atoms with Crippen LogP contribution in [-0.4, -0.2) is 25.2 Å². The van der Waals surface area contributed by atoms with Gasteiger partial charge in [-0.15, -0.1) is 0 Å². The van der Waals surface area contributed by atoms with E-state index in [-0.39, 0.29) is 16.7 Å². The number of hydrogen-bond acceptors (Lipinski definition) is 4. The van der Waals surface area contributed by atoms with Crippen molar-refractivity contribution >= 4 is 21.6 Å². The number of nitrogens with zero attached hydrogens (tertiary/aromatic N) is 1. The highest BCUT2D eigenvalue weighted by Crippen LogP contribution is 2.17. The Labute approximate surface area is 170 Å². The molecule has 3 rings (SSSR count). The molecule has 0 bridgehead atoms. The van der Waals surface area contributed by atoms with Gasteiger partial charge in [0.15, 0.2) is 9.84 Å². The maximum absolute atomic E-state index is 12.6. The fraction of sp³-hybridized carbons (Fsp3) is 0.182. The lowest BCUT2D eigenvalue weighted by molar-refractivity contribution is 0.251. The first kappa shape index (κ1) is 20.5. The van der Waals surface area contributed by atoms with Gasteiger partial charge in [-0.05, 0) is 66.4 Å². The van der Waals surface area contributed by atoms with Gasteiger partial charge in [-0.3, -0.25) is 4.98 Å². The highest BCUT2D eigenvalue weighted by atomic mass is 32.2. The van der Waals surface area contributed by atoms with Gasteiger partial charge >= 0.3 is 6.03 Å². The molecule has 0 saturated heterocycles. The number of benzene rings is 2. The summed E-state index contributed by atoms with van der Waals surface area (Å²) in [6.07, 6.45) is 3.78. The summed E-state index contributed by atoms with van der Waals surface area (Å²) < 4.78 is 25.2. The molecule has 2 N–H and O–H groups in total. The molecule has 0 aliphatic rings.